The van der Waals surface area contributed by atoms with E-state index in [9.17, 15) is 8.42 Å². The predicted molar refractivity (Wildman–Crippen MR) is 59.5 cm³/mol. The van der Waals surface area contributed by atoms with E-state index in [0.29, 0.717) is 11.7 Å². The van der Waals surface area contributed by atoms with Gasteiger partial charge in [-0.1, -0.05) is 23.4 Å². The van der Waals surface area contributed by atoms with Crippen LogP contribution in [0.4, 0.5) is 0 Å². The first kappa shape index (κ1) is 11.7. The van der Waals surface area contributed by atoms with Gasteiger partial charge in [0.05, 0.1) is 11.4 Å². The van der Waals surface area contributed by atoms with Gasteiger partial charge < -0.3 is 4.52 Å². The van der Waals surface area contributed by atoms with Gasteiger partial charge in [0.15, 0.2) is 5.82 Å². The lowest BCUT2D eigenvalue weighted by molar-refractivity contribution is 0.387. The molecular weight excluding hydrogens is 242 g/mol. The Morgan fingerprint density at radius 1 is 1.29 bits per heavy atom. The lowest BCUT2D eigenvalue weighted by Crippen LogP contribution is -2.23. The van der Waals surface area contributed by atoms with Crippen molar-refractivity contribution in [1.82, 2.24) is 14.9 Å². The fraction of sp³-hybridized carbons (Fsp3) is 0.200. The molecule has 0 spiro atoms. The topological polar surface area (TPSA) is 85.1 Å². The molecule has 0 amide bonds. The van der Waals surface area contributed by atoms with Gasteiger partial charge in [-0.2, -0.15) is 4.98 Å². The maximum absolute atomic E-state index is 11.8. The SMILES string of the molecule is Cc1nc(CNS(=O)(=O)c2ccccc2)no1. The molecular formula is C10H11N3O3S. The van der Waals surface area contributed by atoms with Crippen molar-refractivity contribution in [2.75, 3.05) is 0 Å². The minimum atomic E-state index is -3.52. The molecule has 0 radical (unpaired) electrons. The molecule has 1 aromatic heterocycles. The Hall–Kier alpha value is -1.73. The van der Waals surface area contributed by atoms with Gasteiger partial charge in [0.25, 0.3) is 0 Å². The molecule has 0 saturated carbocycles. The van der Waals surface area contributed by atoms with Crippen molar-refractivity contribution < 1.29 is 12.9 Å². The summed E-state index contributed by atoms with van der Waals surface area (Å²) >= 11 is 0. The third-order valence-corrected chi connectivity index (χ3v) is 3.46. The third kappa shape index (κ3) is 2.89. The van der Waals surface area contributed by atoms with Crippen molar-refractivity contribution in [3.63, 3.8) is 0 Å². The molecule has 17 heavy (non-hydrogen) atoms. The summed E-state index contributed by atoms with van der Waals surface area (Å²) in [6.45, 7) is 1.65. The maximum Gasteiger partial charge on any atom is 0.240 e. The van der Waals surface area contributed by atoms with Crippen LogP contribution in [0.1, 0.15) is 11.7 Å². The summed E-state index contributed by atoms with van der Waals surface area (Å²) < 4.78 is 30.8. The molecule has 0 fully saturated rings. The first-order chi connectivity index (χ1) is 8.08. The van der Waals surface area contributed by atoms with Gasteiger partial charge in [0.1, 0.15) is 0 Å². The van der Waals surface area contributed by atoms with Crippen LogP contribution in [0.25, 0.3) is 0 Å². The number of rotatable bonds is 4. The Kier molecular flexibility index (Phi) is 3.21. The van der Waals surface area contributed by atoms with E-state index >= 15 is 0 Å². The highest BCUT2D eigenvalue weighted by Gasteiger charge is 2.14. The molecule has 0 aliphatic rings. The zero-order valence-corrected chi connectivity index (χ0v) is 9.94. The molecule has 6 nitrogen and oxygen atoms in total. The largest absolute Gasteiger partial charge is 0.340 e. The smallest absolute Gasteiger partial charge is 0.240 e. The molecule has 0 bridgehead atoms. The van der Waals surface area contributed by atoms with Crippen LogP contribution in [0.15, 0.2) is 39.8 Å². The second-order valence-electron chi connectivity index (χ2n) is 3.37. The van der Waals surface area contributed by atoms with Crippen LogP contribution >= 0.6 is 0 Å². The van der Waals surface area contributed by atoms with Crippen LogP contribution in [-0.4, -0.2) is 18.6 Å². The summed E-state index contributed by atoms with van der Waals surface area (Å²) in [5.41, 5.74) is 0. The number of hydrogen-bond donors (Lipinski definition) is 1. The molecule has 2 rings (SSSR count). The molecule has 0 aliphatic heterocycles. The molecule has 0 atom stereocenters. The van der Waals surface area contributed by atoms with Crippen LogP contribution < -0.4 is 4.72 Å². The molecule has 0 saturated heterocycles. The number of nitrogens with one attached hydrogen (secondary N) is 1. The average molecular weight is 253 g/mol. The Bertz CT molecular complexity index is 592. The predicted octanol–water partition coefficient (Wildman–Crippen LogP) is 0.857. The highest BCUT2D eigenvalue weighted by molar-refractivity contribution is 7.89. The lowest BCUT2D eigenvalue weighted by Gasteiger charge is -2.03. The fourth-order valence-corrected chi connectivity index (χ4v) is 2.26. The highest BCUT2D eigenvalue weighted by atomic mass is 32.2. The van der Waals surface area contributed by atoms with Gasteiger partial charge in [-0.15, -0.1) is 0 Å². The van der Waals surface area contributed by atoms with E-state index in [1.54, 1.807) is 25.1 Å². The minimum Gasteiger partial charge on any atom is -0.340 e. The molecule has 1 N–H and O–H groups in total. The van der Waals surface area contributed by atoms with Crippen LogP contribution in [0.3, 0.4) is 0 Å². The first-order valence-electron chi connectivity index (χ1n) is 4.92. The number of aryl methyl sites for hydroxylation is 1. The summed E-state index contributed by atoms with van der Waals surface area (Å²) in [5.74, 6) is 0.709. The van der Waals surface area contributed by atoms with Gasteiger partial charge in [-0.3, -0.25) is 0 Å². The zero-order valence-electron chi connectivity index (χ0n) is 9.12. The van der Waals surface area contributed by atoms with Crippen molar-refractivity contribution in [3.05, 3.63) is 42.0 Å². The van der Waals surface area contributed by atoms with E-state index < -0.39 is 10.0 Å². The van der Waals surface area contributed by atoms with Crippen LogP contribution in [0.2, 0.25) is 0 Å². The highest BCUT2D eigenvalue weighted by Crippen LogP contribution is 2.07. The number of sulfonamides is 1. The molecule has 2 aromatic rings. The zero-order chi connectivity index (χ0) is 12.3. The Morgan fingerprint density at radius 2 is 2.00 bits per heavy atom. The van der Waals surface area contributed by atoms with Crippen LogP contribution in [-0.2, 0) is 16.6 Å². The Balaban J connectivity index is 2.09. The maximum atomic E-state index is 11.8. The van der Waals surface area contributed by atoms with Crippen molar-refractivity contribution in [2.45, 2.75) is 18.4 Å². The molecule has 7 heteroatoms. The van der Waals surface area contributed by atoms with Gasteiger partial charge in [-0.05, 0) is 12.1 Å². The van der Waals surface area contributed by atoms with Crippen molar-refractivity contribution in [3.8, 4) is 0 Å². The summed E-state index contributed by atoms with van der Waals surface area (Å²) in [4.78, 5) is 4.11. The number of benzene rings is 1. The van der Waals surface area contributed by atoms with Crippen molar-refractivity contribution in [2.24, 2.45) is 0 Å². The van der Waals surface area contributed by atoms with Gasteiger partial charge in [0.2, 0.25) is 15.9 Å². The molecule has 90 valence electrons. The monoisotopic (exact) mass is 253 g/mol. The summed E-state index contributed by atoms with van der Waals surface area (Å²) in [7, 11) is -3.52. The minimum absolute atomic E-state index is 0.00850. The molecule has 0 aliphatic carbocycles. The van der Waals surface area contributed by atoms with Crippen LogP contribution in [0, 0.1) is 6.92 Å². The van der Waals surface area contributed by atoms with Crippen LogP contribution in [0.5, 0.6) is 0 Å². The normalized spacial score (nSPS) is 11.6. The van der Waals surface area contributed by atoms with E-state index in [2.05, 4.69) is 14.9 Å². The van der Waals surface area contributed by atoms with Crippen molar-refractivity contribution in [1.29, 1.82) is 0 Å². The van der Waals surface area contributed by atoms with Crippen molar-refractivity contribution >= 4 is 10.0 Å². The quantitative estimate of drug-likeness (QED) is 0.873. The van der Waals surface area contributed by atoms with E-state index in [4.69, 9.17) is 4.52 Å². The van der Waals surface area contributed by atoms with Gasteiger partial charge in [-0.25, -0.2) is 13.1 Å². The number of hydrogen-bond acceptors (Lipinski definition) is 5. The Morgan fingerprint density at radius 3 is 2.59 bits per heavy atom. The first-order valence-corrected chi connectivity index (χ1v) is 6.40. The summed E-state index contributed by atoms with van der Waals surface area (Å²) in [6, 6.07) is 8.11. The van der Waals surface area contributed by atoms with E-state index in [1.165, 1.54) is 12.1 Å². The third-order valence-electron chi connectivity index (χ3n) is 2.04. The van der Waals surface area contributed by atoms with Gasteiger partial charge >= 0.3 is 0 Å². The van der Waals surface area contributed by atoms with E-state index in [-0.39, 0.29) is 11.4 Å². The average Bonchev–Trinajstić information content (AvgIpc) is 2.74. The molecule has 0 unspecified atom stereocenters. The van der Waals surface area contributed by atoms with Gasteiger partial charge in [0, 0.05) is 6.92 Å². The fourth-order valence-electron chi connectivity index (χ4n) is 1.26. The summed E-state index contributed by atoms with van der Waals surface area (Å²) in [5, 5.41) is 3.60. The second kappa shape index (κ2) is 4.64. The molecule has 1 aromatic carbocycles. The number of aromatic nitrogens is 2. The van der Waals surface area contributed by atoms with E-state index in [1.807, 2.05) is 0 Å². The summed E-state index contributed by atoms with van der Waals surface area (Å²) in [6.07, 6.45) is 0. The second-order valence-corrected chi connectivity index (χ2v) is 5.13. The number of nitrogens with zero attached hydrogens (tertiary/aromatic N) is 2. The lowest BCUT2D eigenvalue weighted by atomic mass is 10.4. The molecule has 1 heterocycles. The van der Waals surface area contributed by atoms with E-state index in [0.717, 1.165) is 0 Å². The Labute approximate surface area is 98.7 Å². The standard InChI is InChI=1S/C10H11N3O3S/c1-8-12-10(13-16-8)7-11-17(14,15)9-5-3-2-4-6-9/h2-6,11H,7H2,1H3.